The average Bonchev–Trinajstić information content (AvgIpc) is 1.98. The third-order valence-corrected chi connectivity index (χ3v) is 1.63. The summed E-state index contributed by atoms with van der Waals surface area (Å²) in [5.41, 5.74) is 1.00. The van der Waals surface area contributed by atoms with Crippen molar-refractivity contribution in [2.45, 2.75) is 13.8 Å². The lowest BCUT2D eigenvalue weighted by Gasteiger charge is -1.80. The molecule has 8 heavy (non-hydrogen) atoms. The van der Waals surface area contributed by atoms with Gasteiger partial charge in [-0.3, -0.25) is 0 Å². The molecule has 2 heteroatoms. The van der Waals surface area contributed by atoms with Gasteiger partial charge in [-0.15, -0.1) is 0 Å². The molecule has 0 aliphatic heterocycles. The van der Waals surface area contributed by atoms with Gasteiger partial charge in [-0.2, -0.15) is 0 Å². The van der Waals surface area contributed by atoms with Crippen molar-refractivity contribution >= 4 is 11.6 Å². The molecular weight excluding hydrogens is 124 g/mol. The fraction of sp³-hybridized carbons (Fsp3) is 0.333. The second kappa shape index (κ2) is 1.82. The largest absolute Gasteiger partial charge is 0.468 e. The van der Waals surface area contributed by atoms with Gasteiger partial charge in [0.25, 0.3) is 0 Å². The van der Waals surface area contributed by atoms with Crippen LogP contribution in [-0.2, 0) is 0 Å². The van der Waals surface area contributed by atoms with Crippen molar-refractivity contribution in [2.75, 3.05) is 0 Å². The van der Waals surface area contributed by atoms with Crippen LogP contribution in [0.4, 0.5) is 0 Å². The molecule has 1 nitrogen and oxygen atoms in total. The van der Waals surface area contributed by atoms with Gasteiger partial charge in [-0.25, -0.2) is 0 Å². The van der Waals surface area contributed by atoms with Crippen LogP contribution in [0.3, 0.4) is 0 Å². The number of hydrogen-bond donors (Lipinski definition) is 0. The Bertz CT molecular complexity index is 171. The van der Waals surface area contributed by atoms with Crippen LogP contribution in [0.1, 0.15) is 11.3 Å². The molecule has 1 rings (SSSR count). The molecule has 44 valence electrons. The van der Waals surface area contributed by atoms with Crippen LogP contribution >= 0.6 is 11.6 Å². The van der Waals surface area contributed by atoms with E-state index >= 15 is 0 Å². The van der Waals surface area contributed by atoms with Crippen LogP contribution in [0.2, 0.25) is 5.02 Å². The summed E-state index contributed by atoms with van der Waals surface area (Å²) in [7, 11) is 0. The summed E-state index contributed by atoms with van der Waals surface area (Å²) in [6, 6.07) is 0. The average molecular weight is 131 g/mol. The molecule has 0 aliphatic carbocycles. The molecule has 0 saturated carbocycles. The molecule has 0 aliphatic rings. The SMILES string of the molecule is Cc1coc(C)c1Cl. The number of furan rings is 1. The minimum Gasteiger partial charge on any atom is -0.468 e. The zero-order chi connectivity index (χ0) is 6.15. The van der Waals surface area contributed by atoms with E-state index in [0.29, 0.717) is 0 Å². The van der Waals surface area contributed by atoms with Gasteiger partial charge in [0.1, 0.15) is 5.76 Å². The first-order chi connectivity index (χ1) is 3.72. The van der Waals surface area contributed by atoms with E-state index in [1.165, 1.54) is 0 Å². The van der Waals surface area contributed by atoms with Gasteiger partial charge < -0.3 is 4.42 Å². The van der Waals surface area contributed by atoms with Crippen LogP contribution < -0.4 is 0 Å². The highest BCUT2D eigenvalue weighted by atomic mass is 35.5. The summed E-state index contributed by atoms with van der Waals surface area (Å²) < 4.78 is 4.96. The van der Waals surface area contributed by atoms with E-state index in [1.54, 1.807) is 6.26 Å². The van der Waals surface area contributed by atoms with Crippen molar-refractivity contribution in [1.29, 1.82) is 0 Å². The highest BCUT2D eigenvalue weighted by Crippen LogP contribution is 2.20. The highest BCUT2D eigenvalue weighted by molar-refractivity contribution is 6.31. The first-order valence-electron chi connectivity index (χ1n) is 2.42. The van der Waals surface area contributed by atoms with Gasteiger partial charge in [-0.05, 0) is 13.8 Å². The highest BCUT2D eigenvalue weighted by Gasteiger charge is 2.00. The molecule has 0 atom stereocenters. The number of halogens is 1. The smallest absolute Gasteiger partial charge is 0.119 e. The summed E-state index contributed by atoms with van der Waals surface area (Å²) >= 11 is 5.70. The molecule has 1 aromatic rings. The Morgan fingerprint density at radius 3 is 2.25 bits per heavy atom. The van der Waals surface area contributed by atoms with E-state index in [0.717, 1.165) is 16.3 Å². The molecule has 0 saturated heterocycles. The maximum absolute atomic E-state index is 5.70. The molecule has 0 amide bonds. The van der Waals surface area contributed by atoms with Crippen molar-refractivity contribution in [3.63, 3.8) is 0 Å². The van der Waals surface area contributed by atoms with E-state index in [9.17, 15) is 0 Å². The fourth-order valence-electron chi connectivity index (χ4n) is 0.558. The standard InChI is InChI=1S/C6H7ClO/c1-4-3-8-5(2)6(4)7/h3H,1-2H3. The molecule has 0 radical (unpaired) electrons. The van der Waals surface area contributed by atoms with Crippen molar-refractivity contribution in [1.82, 2.24) is 0 Å². The maximum atomic E-state index is 5.70. The predicted molar refractivity (Wildman–Crippen MR) is 33.2 cm³/mol. The Kier molecular flexibility index (Phi) is 1.30. The van der Waals surface area contributed by atoms with Crippen molar-refractivity contribution in [2.24, 2.45) is 0 Å². The Hall–Kier alpha value is -0.430. The van der Waals surface area contributed by atoms with E-state index < -0.39 is 0 Å². The fourth-order valence-corrected chi connectivity index (χ4v) is 0.647. The van der Waals surface area contributed by atoms with E-state index in [-0.39, 0.29) is 0 Å². The topological polar surface area (TPSA) is 13.1 Å². The Morgan fingerprint density at radius 1 is 1.50 bits per heavy atom. The molecule has 0 unspecified atom stereocenters. The summed E-state index contributed by atoms with van der Waals surface area (Å²) in [5, 5.41) is 0.741. The zero-order valence-electron chi connectivity index (χ0n) is 4.86. The van der Waals surface area contributed by atoms with Crippen molar-refractivity contribution in [3.8, 4) is 0 Å². The maximum Gasteiger partial charge on any atom is 0.119 e. The van der Waals surface area contributed by atoms with Gasteiger partial charge in [-0.1, -0.05) is 11.6 Å². The second-order valence-corrected chi connectivity index (χ2v) is 2.17. The Labute approximate surface area is 53.3 Å². The van der Waals surface area contributed by atoms with Gasteiger partial charge in [0.2, 0.25) is 0 Å². The summed E-state index contributed by atoms with van der Waals surface area (Å²) in [6.45, 7) is 3.76. The van der Waals surface area contributed by atoms with Crippen LogP contribution in [0.5, 0.6) is 0 Å². The first-order valence-corrected chi connectivity index (χ1v) is 2.80. The summed E-state index contributed by atoms with van der Waals surface area (Å²) in [4.78, 5) is 0. The van der Waals surface area contributed by atoms with E-state index in [2.05, 4.69) is 0 Å². The summed E-state index contributed by atoms with van der Waals surface area (Å²) in [6.07, 6.45) is 1.65. The van der Waals surface area contributed by atoms with Crippen molar-refractivity contribution in [3.05, 3.63) is 22.6 Å². The molecule has 0 aromatic carbocycles. The van der Waals surface area contributed by atoms with Gasteiger partial charge in [0, 0.05) is 5.56 Å². The third kappa shape index (κ3) is 0.736. The molecule has 0 fully saturated rings. The lowest BCUT2D eigenvalue weighted by molar-refractivity contribution is 0.533. The minimum absolute atomic E-state index is 0.741. The quantitative estimate of drug-likeness (QED) is 0.526. The second-order valence-electron chi connectivity index (χ2n) is 1.79. The van der Waals surface area contributed by atoms with Gasteiger partial charge in [0.15, 0.2) is 0 Å². The Balaban J connectivity index is 3.19. The Morgan fingerprint density at radius 2 is 2.12 bits per heavy atom. The lowest BCUT2D eigenvalue weighted by Crippen LogP contribution is -1.63. The third-order valence-electron chi connectivity index (χ3n) is 1.07. The van der Waals surface area contributed by atoms with E-state index in [4.69, 9.17) is 16.0 Å². The monoisotopic (exact) mass is 130 g/mol. The molecule has 0 spiro atoms. The predicted octanol–water partition coefficient (Wildman–Crippen LogP) is 2.55. The van der Waals surface area contributed by atoms with Gasteiger partial charge in [0.05, 0.1) is 11.3 Å². The van der Waals surface area contributed by atoms with Crippen molar-refractivity contribution < 1.29 is 4.42 Å². The van der Waals surface area contributed by atoms with Crippen LogP contribution in [0.15, 0.2) is 10.7 Å². The number of aryl methyl sites for hydroxylation is 2. The van der Waals surface area contributed by atoms with Gasteiger partial charge >= 0.3 is 0 Å². The number of rotatable bonds is 0. The lowest BCUT2D eigenvalue weighted by atomic mass is 10.3. The molecule has 1 heterocycles. The molecule has 1 aromatic heterocycles. The zero-order valence-corrected chi connectivity index (χ0v) is 5.62. The minimum atomic E-state index is 0.741. The van der Waals surface area contributed by atoms with Crippen LogP contribution in [0.25, 0.3) is 0 Å². The summed E-state index contributed by atoms with van der Waals surface area (Å²) in [5.74, 6) is 0.796. The molecule has 0 bridgehead atoms. The molecular formula is C6H7ClO. The first kappa shape index (κ1) is 5.70. The van der Waals surface area contributed by atoms with E-state index in [1.807, 2.05) is 13.8 Å². The molecule has 0 N–H and O–H groups in total. The van der Waals surface area contributed by atoms with Crippen LogP contribution in [-0.4, -0.2) is 0 Å². The normalized spacial score (nSPS) is 9.88. The number of hydrogen-bond acceptors (Lipinski definition) is 1. The van der Waals surface area contributed by atoms with Crippen LogP contribution in [0, 0.1) is 13.8 Å².